The van der Waals surface area contributed by atoms with Crippen LogP contribution < -0.4 is 9.47 Å². The van der Waals surface area contributed by atoms with Crippen molar-refractivity contribution >= 4 is 44.4 Å². The molecular formula is C52H56Cl2N2O2. The van der Waals surface area contributed by atoms with Crippen LogP contribution >= 0.6 is 23.2 Å². The molecule has 300 valence electrons. The number of nitrogens with zero attached hydrogens (tertiary/aromatic N) is 2. The van der Waals surface area contributed by atoms with Crippen molar-refractivity contribution in [1.29, 1.82) is 0 Å². The number of benzene rings is 6. The molecule has 0 heterocycles. The van der Waals surface area contributed by atoms with Crippen molar-refractivity contribution in [3.8, 4) is 11.5 Å². The predicted molar refractivity (Wildman–Crippen MR) is 249 cm³/mol. The fourth-order valence-corrected chi connectivity index (χ4v) is 7.30. The van der Waals surface area contributed by atoms with Crippen molar-refractivity contribution in [1.82, 2.24) is 9.80 Å². The summed E-state index contributed by atoms with van der Waals surface area (Å²) in [6, 6.07) is 57.2. The van der Waals surface area contributed by atoms with Crippen LogP contribution in [0.4, 0.5) is 0 Å². The molecule has 0 N–H and O–H groups in total. The van der Waals surface area contributed by atoms with E-state index in [1.165, 1.54) is 0 Å². The largest absolute Gasteiger partial charge is 0.492 e. The van der Waals surface area contributed by atoms with Gasteiger partial charge in [-0.15, -0.1) is 0 Å². The van der Waals surface area contributed by atoms with E-state index >= 15 is 0 Å². The molecule has 6 rings (SSSR count). The zero-order chi connectivity index (χ0) is 41.0. The van der Waals surface area contributed by atoms with Gasteiger partial charge in [-0.05, 0) is 83.8 Å². The molecule has 0 saturated heterocycles. The molecule has 0 aliphatic heterocycles. The van der Waals surface area contributed by atoms with Gasteiger partial charge in [0.1, 0.15) is 24.7 Å². The van der Waals surface area contributed by atoms with Gasteiger partial charge >= 0.3 is 0 Å². The number of likely N-dealkylation sites (N-methyl/N-ethyl adjacent to an activating group) is 2. The minimum absolute atomic E-state index is 0.688. The average Bonchev–Trinajstić information content (AvgIpc) is 3.29. The summed E-state index contributed by atoms with van der Waals surface area (Å²) >= 11 is 13.7. The Kier molecular flexibility index (Phi) is 18.2. The Balaban J connectivity index is 0.000000221. The fraction of sp³-hybridized carbons (Fsp3) is 0.231. The lowest BCUT2D eigenvalue weighted by molar-refractivity contribution is 0.223. The molecule has 0 aliphatic rings. The van der Waals surface area contributed by atoms with Crippen molar-refractivity contribution in [2.75, 3.05) is 52.5 Å². The van der Waals surface area contributed by atoms with Crippen LogP contribution in [0.5, 0.6) is 11.5 Å². The number of ether oxygens (including phenoxy) is 2. The molecular weight excluding hydrogens is 755 g/mol. The molecule has 6 aromatic rings. The maximum atomic E-state index is 6.87. The summed E-state index contributed by atoms with van der Waals surface area (Å²) in [6.07, 6.45) is 0. The van der Waals surface area contributed by atoms with E-state index < -0.39 is 0 Å². The summed E-state index contributed by atoms with van der Waals surface area (Å²) in [7, 11) is 0. The van der Waals surface area contributed by atoms with Crippen LogP contribution in [0.15, 0.2) is 170 Å². The van der Waals surface area contributed by atoms with Crippen LogP contribution in [0.2, 0.25) is 0 Å². The molecule has 0 saturated carbocycles. The molecule has 0 aromatic heterocycles. The van der Waals surface area contributed by atoms with E-state index in [0.29, 0.717) is 13.2 Å². The Hall–Kier alpha value is -5.10. The van der Waals surface area contributed by atoms with Gasteiger partial charge < -0.3 is 19.3 Å². The summed E-state index contributed by atoms with van der Waals surface area (Å²) < 4.78 is 11.9. The van der Waals surface area contributed by atoms with Gasteiger partial charge in [0.05, 0.1) is 10.1 Å². The standard InChI is InChI=1S/2C26H28ClNO/c2*1-3-28(4-2)19-20-29-24-17-15-22(16-18-24)25(21-11-7-5-8-12-21)26(27)23-13-9-6-10-14-23/h2*5-18H,3-4,19-20H2,1-2H3/b2*26-25+. The smallest absolute Gasteiger partial charge is 0.119 e. The Labute approximate surface area is 357 Å². The number of rotatable bonds is 18. The second kappa shape index (κ2) is 24.0. The van der Waals surface area contributed by atoms with Gasteiger partial charge in [0.2, 0.25) is 0 Å². The second-order valence-corrected chi connectivity index (χ2v) is 14.4. The van der Waals surface area contributed by atoms with Gasteiger partial charge in [-0.1, -0.05) is 196 Å². The van der Waals surface area contributed by atoms with E-state index in [9.17, 15) is 0 Å². The zero-order valence-electron chi connectivity index (χ0n) is 34.3. The van der Waals surface area contributed by atoms with E-state index in [-0.39, 0.29) is 0 Å². The van der Waals surface area contributed by atoms with Gasteiger partial charge in [-0.25, -0.2) is 0 Å². The molecule has 0 atom stereocenters. The third-order valence-corrected chi connectivity index (χ3v) is 10.9. The third kappa shape index (κ3) is 13.0. The van der Waals surface area contributed by atoms with Crippen LogP contribution in [0, 0.1) is 0 Å². The quantitative estimate of drug-likeness (QED) is 0.0807. The SMILES string of the molecule is CCN(CC)CCOc1ccc(/C(=C(/Cl)c2ccccc2)c2ccccc2)cc1.CCN(CC)CCOc1ccc(/C(=C(/Cl)c2ccccc2)c2ccccc2)cc1. The molecule has 0 aliphatic carbocycles. The van der Waals surface area contributed by atoms with Gasteiger partial charge in [0.15, 0.2) is 0 Å². The van der Waals surface area contributed by atoms with E-state index in [1.54, 1.807) is 0 Å². The number of halogens is 2. The van der Waals surface area contributed by atoms with E-state index in [2.05, 4.69) is 86.0 Å². The first kappa shape index (κ1) is 44.0. The van der Waals surface area contributed by atoms with Crippen LogP contribution in [-0.4, -0.2) is 62.3 Å². The lowest BCUT2D eigenvalue weighted by atomic mass is 9.95. The van der Waals surface area contributed by atoms with Gasteiger partial charge in [0.25, 0.3) is 0 Å². The minimum atomic E-state index is 0.688. The van der Waals surface area contributed by atoms with E-state index in [4.69, 9.17) is 32.7 Å². The highest BCUT2D eigenvalue weighted by Gasteiger charge is 2.14. The lowest BCUT2D eigenvalue weighted by Crippen LogP contribution is -2.27. The molecule has 0 bridgehead atoms. The molecule has 58 heavy (non-hydrogen) atoms. The Morgan fingerprint density at radius 1 is 0.362 bits per heavy atom. The van der Waals surface area contributed by atoms with Crippen LogP contribution in [0.3, 0.4) is 0 Å². The first-order valence-electron chi connectivity index (χ1n) is 20.4. The highest BCUT2D eigenvalue weighted by molar-refractivity contribution is 6.53. The summed E-state index contributed by atoms with van der Waals surface area (Å²) in [5.74, 6) is 1.76. The van der Waals surface area contributed by atoms with Gasteiger partial charge in [-0.2, -0.15) is 0 Å². The molecule has 6 heteroatoms. The van der Waals surface area contributed by atoms with Crippen molar-refractivity contribution < 1.29 is 9.47 Å². The number of hydrogen-bond acceptors (Lipinski definition) is 4. The maximum Gasteiger partial charge on any atom is 0.119 e. The Bertz CT molecular complexity index is 1960. The first-order chi connectivity index (χ1) is 28.4. The predicted octanol–water partition coefficient (Wildman–Crippen LogP) is 13.1. The molecule has 0 radical (unpaired) electrons. The average molecular weight is 812 g/mol. The summed E-state index contributed by atoms with van der Waals surface area (Å²) in [5, 5.41) is 1.49. The van der Waals surface area contributed by atoms with Gasteiger partial charge in [0, 0.05) is 24.2 Å². The van der Waals surface area contributed by atoms with Crippen molar-refractivity contribution in [3.05, 3.63) is 203 Å². The topological polar surface area (TPSA) is 24.9 Å². The lowest BCUT2D eigenvalue weighted by Gasteiger charge is -2.18. The zero-order valence-corrected chi connectivity index (χ0v) is 35.8. The van der Waals surface area contributed by atoms with Crippen molar-refractivity contribution in [2.24, 2.45) is 0 Å². The highest BCUT2D eigenvalue weighted by atomic mass is 35.5. The third-order valence-electron chi connectivity index (χ3n) is 10.0. The number of hydrogen-bond donors (Lipinski definition) is 0. The second-order valence-electron chi connectivity index (χ2n) is 13.6. The Morgan fingerprint density at radius 3 is 0.897 bits per heavy atom. The molecule has 6 aromatic carbocycles. The molecule has 0 amide bonds. The first-order valence-corrected chi connectivity index (χ1v) is 21.1. The normalized spacial score (nSPS) is 12.0. The van der Waals surface area contributed by atoms with Crippen molar-refractivity contribution in [3.63, 3.8) is 0 Å². The van der Waals surface area contributed by atoms with Gasteiger partial charge in [-0.3, -0.25) is 0 Å². The molecule has 0 unspecified atom stereocenters. The molecule has 4 nitrogen and oxygen atoms in total. The maximum absolute atomic E-state index is 6.87. The Morgan fingerprint density at radius 2 is 0.621 bits per heavy atom. The minimum Gasteiger partial charge on any atom is -0.492 e. The van der Waals surface area contributed by atoms with Crippen molar-refractivity contribution in [2.45, 2.75) is 27.7 Å². The van der Waals surface area contributed by atoms with Crippen LogP contribution in [0.25, 0.3) is 21.2 Å². The molecule has 0 spiro atoms. The fourth-order valence-electron chi connectivity index (χ4n) is 6.61. The summed E-state index contributed by atoms with van der Waals surface area (Å²) in [6.45, 7) is 16.1. The molecule has 0 fully saturated rings. The van der Waals surface area contributed by atoms with Crippen LogP contribution in [-0.2, 0) is 0 Å². The van der Waals surface area contributed by atoms with Crippen LogP contribution in [0.1, 0.15) is 61.1 Å². The van der Waals surface area contributed by atoms with E-state index in [1.807, 2.05) is 121 Å². The summed E-state index contributed by atoms with van der Waals surface area (Å²) in [4.78, 5) is 4.70. The van der Waals surface area contributed by atoms with E-state index in [0.717, 1.165) is 105 Å². The highest BCUT2D eigenvalue weighted by Crippen LogP contribution is 2.37. The monoisotopic (exact) mass is 810 g/mol. The summed E-state index contributed by atoms with van der Waals surface area (Å²) in [5.41, 5.74) is 8.39.